The van der Waals surface area contributed by atoms with E-state index >= 15 is 0 Å². The molecule has 0 aliphatic carbocycles. The minimum absolute atomic E-state index is 0.0446. The Balaban J connectivity index is 1.74. The summed E-state index contributed by atoms with van der Waals surface area (Å²) in [6.07, 6.45) is 3.55. The number of aromatic nitrogens is 2. The molecule has 6 heteroatoms. The minimum atomic E-state index is -0.344. The number of imidazole rings is 1. The number of fused-ring (bicyclic) bond motifs is 1. The minimum Gasteiger partial charge on any atom is -0.507 e. The average molecular weight is 302 g/mol. The quantitative estimate of drug-likeness (QED) is 0.781. The summed E-state index contributed by atoms with van der Waals surface area (Å²) in [6.45, 7) is 0.270. The maximum Gasteiger partial charge on any atom is 0.255 e. The van der Waals surface area contributed by atoms with E-state index in [2.05, 4.69) is 10.3 Å². The third kappa shape index (κ3) is 2.83. The van der Waals surface area contributed by atoms with Crippen LogP contribution in [0.5, 0.6) is 5.75 Å². The molecule has 106 valence electrons. The van der Waals surface area contributed by atoms with Crippen LogP contribution in [-0.2, 0) is 6.54 Å². The first kappa shape index (κ1) is 13.5. The number of hydrogen-bond acceptors (Lipinski definition) is 3. The monoisotopic (exact) mass is 301 g/mol. The highest BCUT2D eigenvalue weighted by atomic mass is 35.5. The molecule has 0 spiro atoms. The SMILES string of the molecule is O=C(NCc1cn2cc(Cl)ccc2n1)c1ccccc1O. The Morgan fingerprint density at radius 2 is 2.05 bits per heavy atom. The zero-order valence-electron chi connectivity index (χ0n) is 11.0. The topological polar surface area (TPSA) is 66.6 Å². The predicted molar refractivity (Wildman–Crippen MR) is 79.5 cm³/mol. The Kier molecular flexibility index (Phi) is 3.50. The fourth-order valence-corrected chi connectivity index (χ4v) is 2.20. The van der Waals surface area contributed by atoms with Gasteiger partial charge in [0.25, 0.3) is 5.91 Å². The van der Waals surface area contributed by atoms with Crippen molar-refractivity contribution < 1.29 is 9.90 Å². The summed E-state index contributed by atoms with van der Waals surface area (Å²) in [6, 6.07) is 9.96. The normalized spacial score (nSPS) is 10.7. The molecule has 0 saturated heterocycles. The van der Waals surface area contributed by atoms with Crippen molar-refractivity contribution in [2.75, 3.05) is 0 Å². The second kappa shape index (κ2) is 5.46. The highest BCUT2D eigenvalue weighted by Crippen LogP contribution is 2.15. The summed E-state index contributed by atoms with van der Waals surface area (Å²) in [5, 5.41) is 13.0. The number of phenolic OH excluding ortho intramolecular Hbond substituents is 1. The van der Waals surface area contributed by atoms with Crippen molar-refractivity contribution in [3.63, 3.8) is 0 Å². The lowest BCUT2D eigenvalue weighted by Crippen LogP contribution is -2.22. The molecule has 0 aliphatic heterocycles. The standard InChI is InChI=1S/C15H12ClN3O2/c16-10-5-6-14-18-11(9-19(14)8-10)7-17-15(21)12-3-1-2-4-13(12)20/h1-6,8-9,20H,7H2,(H,17,21). The Morgan fingerprint density at radius 1 is 1.24 bits per heavy atom. The number of carbonyl (C=O) groups is 1. The van der Waals surface area contributed by atoms with E-state index in [-0.39, 0.29) is 23.8 Å². The number of para-hydroxylation sites is 1. The summed E-state index contributed by atoms with van der Waals surface area (Å²) >= 11 is 5.91. The van der Waals surface area contributed by atoms with E-state index in [1.54, 1.807) is 47.1 Å². The molecule has 2 aromatic heterocycles. The molecule has 0 aliphatic rings. The molecule has 0 bridgehead atoms. The second-order valence-corrected chi connectivity index (χ2v) is 4.98. The first-order valence-corrected chi connectivity index (χ1v) is 6.70. The summed E-state index contributed by atoms with van der Waals surface area (Å²) in [4.78, 5) is 16.4. The average Bonchev–Trinajstić information content (AvgIpc) is 2.87. The van der Waals surface area contributed by atoms with Crippen LogP contribution in [0.4, 0.5) is 0 Å². The lowest BCUT2D eigenvalue weighted by Gasteiger charge is -2.04. The van der Waals surface area contributed by atoms with Crippen LogP contribution in [0, 0.1) is 0 Å². The van der Waals surface area contributed by atoms with Gasteiger partial charge in [-0.15, -0.1) is 0 Å². The lowest BCUT2D eigenvalue weighted by molar-refractivity contribution is 0.0948. The third-order valence-corrected chi connectivity index (χ3v) is 3.27. The van der Waals surface area contributed by atoms with Crippen molar-refractivity contribution in [3.05, 3.63) is 65.1 Å². The molecule has 0 unspecified atom stereocenters. The number of amides is 1. The zero-order chi connectivity index (χ0) is 14.8. The van der Waals surface area contributed by atoms with Gasteiger partial charge < -0.3 is 14.8 Å². The van der Waals surface area contributed by atoms with Gasteiger partial charge >= 0.3 is 0 Å². The van der Waals surface area contributed by atoms with E-state index < -0.39 is 0 Å². The van der Waals surface area contributed by atoms with Crippen molar-refractivity contribution in [1.29, 1.82) is 0 Å². The fourth-order valence-electron chi connectivity index (χ4n) is 2.03. The van der Waals surface area contributed by atoms with Crippen LogP contribution in [-0.4, -0.2) is 20.4 Å². The molecule has 2 N–H and O–H groups in total. The van der Waals surface area contributed by atoms with Crippen molar-refractivity contribution >= 4 is 23.2 Å². The van der Waals surface area contributed by atoms with Crippen LogP contribution >= 0.6 is 11.6 Å². The van der Waals surface area contributed by atoms with Crippen molar-refractivity contribution in [2.24, 2.45) is 0 Å². The van der Waals surface area contributed by atoms with Gasteiger partial charge in [0.15, 0.2) is 0 Å². The van der Waals surface area contributed by atoms with Crippen molar-refractivity contribution in [1.82, 2.24) is 14.7 Å². The molecule has 21 heavy (non-hydrogen) atoms. The molecule has 1 amide bonds. The molecule has 3 rings (SSSR count). The summed E-state index contributed by atoms with van der Waals surface area (Å²) in [5.74, 6) is -0.389. The number of hydrogen-bond donors (Lipinski definition) is 2. The van der Waals surface area contributed by atoms with E-state index in [0.29, 0.717) is 10.7 Å². The molecule has 0 saturated carbocycles. The molecule has 0 fully saturated rings. The number of nitrogens with one attached hydrogen (secondary N) is 1. The van der Waals surface area contributed by atoms with Crippen molar-refractivity contribution in [3.8, 4) is 5.75 Å². The van der Waals surface area contributed by atoms with E-state index in [4.69, 9.17) is 11.6 Å². The van der Waals surface area contributed by atoms with E-state index in [1.807, 2.05) is 0 Å². The number of halogens is 1. The Morgan fingerprint density at radius 3 is 2.86 bits per heavy atom. The Bertz CT molecular complexity index is 814. The number of phenols is 1. The van der Waals surface area contributed by atoms with Gasteiger partial charge in [0.2, 0.25) is 0 Å². The van der Waals surface area contributed by atoms with Gasteiger partial charge in [-0.1, -0.05) is 23.7 Å². The molecule has 2 heterocycles. The van der Waals surface area contributed by atoms with E-state index in [0.717, 1.165) is 5.65 Å². The second-order valence-electron chi connectivity index (χ2n) is 4.54. The van der Waals surface area contributed by atoms with Crippen molar-refractivity contribution in [2.45, 2.75) is 6.54 Å². The maximum absolute atomic E-state index is 12.0. The number of benzene rings is 1. The molecule has 1 aromatic carbocycles. The van der Waals surface area contributed by atoms with Gasteiger partial charge in [-0.3, -0.25) is 4.79 Å². The molecular formula is C15H12ClN3O2. The Labute approximate surface area is 125 Å². The maximum atomic E-state index is 12.0. The molecule has 5 nitrogen and oxygen atoms in total. The van der Waals surface area contributed by atoms with Gasteiger partial charge in [0.1, 0.15) is 11.4 Å². The largest absolute Gasteiger partial charge is 0.507 e. The van der Waals surface area contributed by atoms with Crippen LogP contribution in [0.2, 0.25) is 5.02 Å². The Hall–Kier alpha value is -2.53. The molecular weight excluding hydrogens is 290 g/mol. The van der Waals surface area contributed by atoms with Crippen LogP contribution in [0.25, 0.3) is 5.65 Å². The lowest BCUT2D eigenvalue weighted by atomic mass is 10.2. The zero-order valence-corrected chi connectivity index (χ0v) is 11.7. The molecule has 0 atom stereocenters. The first-order valence-electron chi connectivity index (χ1n) is 6.33. The predicted octanol–water partition coefficient (Wildman–Crippen LogP) is 2.62. The third-order valence-electron chi connectivity index (χ3n) is 3.04. The van der Waals surface area contributed by atoms with Gasteiger partial charge in [-0.05, 0) is 24.3 Å². The first-order chi connectivity index (χ1) is 10.1. The number of pyridine rings is 1. The highest BCUT2D eigenvalue weighted by Gasteiger charge is 2.10. The summed E-state index contributed by atoms with van der Waals surface area (Å²) in [5.41, 5.74) is 1.71. The number of aromatic hydroxyl groups is 1. The molecule has 0 radical (unpaired) electrons. The van der Waals surface area contributed by atoms with Crippen LogP contribution in [0.1, 0.15) is 16.1 Å². The summed E-state index contributed by atoms with van der Waals surface area (Å²) < 4.78 is 1.80. The van der Waals surface area contributed by atoms with Gasteiger partial charge in [0, 0.05) is 12.4 Å². The van der Waals surface area contributed by atoms with Gasteiger partial charge in [0.05, 0.1) is 22.8 Å². The van der Waals surface area contributed by atoms with Crippen LogP contribution < -0.4 is 5.32 Å². The fraction of sp³-hybridized carbons (Fsp3) is 0.0667. The van der Waals surface area contributed by atoms with Crippen LogP contribution in [0.3, 0.4) is 0 Å². The summed E-state index contributed by atoms with van der Waals surface area (Å²) in [7, 11) is 0. The smallest absolute Gasteiger partial charge is 0.255 e. The van der Waals surface area contributed by atoms with E-state index in [9.17, 15) is 9.90 Å². The van der Waals surface area contributed by atoms with E-state index in [1.165, 1.54) is 6.07 Å². The molecule has 3 aromatic rings. The van der Waals surface area contributed by atoms with Gasteiger partial charge in [-0.2, -0.15) is 0 Å². The number of rotatable bonds is 3. The van der Waals surface area contributed by atoms with Gasteiger partial charge in [-0.25, -0.2) is 4.98 Å². The number of carbonyl (C=O) groups excluding carboxylic acids is 1. The number of nitrogens with zero attached hydrogens (tertiary/aromatic N) is 2. The van der Waals surface area contributed by atoms with Crippen LogP contribution in [0.15, 0.2) is 48.8 Å². The highest BCUT2D eigenvalue weighted by molar-refractivity contribution is 6.30.